The zero-order chi connectivity index (χ0) is 36.9. The monoisotopic (exact) mass is 649 g/mol. The van der Waals surface area contributed by atoms with Crippen molar-refractivity contribution in [3.05, 3.63) is 194 Å². The first-order valence-corrected chi connectivity index (χ1v) is 17.0. The summed E-state index contributed by atoms with van der Waals surface area (Å²) >= 11 is 1.69. The van der Waals surface area contributed by atoms with Crippen LogP contribution in [0.2, 0.25) is 0 Å². The van der Waals surface area contributed by atoms with Gasteiger partial charge < -0.3 is 9.47 Å². The van der Waals surface area contributed by atoms with E-state index in [0.29, 0.717) is 5.56 Å². The Hall–Kier alpha value is -6.16. The molecule has 0 aliphatic rings. The van der Waals surface area contributed by atoms with Crippen LogP contribution < -0.4 is 4.90 Å². The molecule has 9 rings (SSSR count). The van der Waals surface area contributed by atoms with Crippen molar-refractivity contribution in [1.29, 1.82) is 0 Å². The molecule has 0 aliphatic heterocycles. The van der Waals surface area contributed by atoms with E-state index >= 15 is 0 Å². The van der Waals surface area contributed by atoms with Crippen LogP contribution in [0.4, 0.5) is 16.4 Å². The molecule has 0 aliphatic carbocycles. The van der Waals surface area contributed by atoms with Crippen molar-refractivity contribution >= 4 is 49.5 Å². The molecular formula is C46H32N2S. The molecule has 0 saturated carbocycles. The Morgan fingerprint density at radius 1 is 0.449 bits per heavy atom. The van der Waals surface area contributed by atoms with E-state index in [-0.39, 0.29) is 29.7 Å². The fourth-order valence-electron chi connectivity index (χ4n) is 6.59. The first-order valence-electron chi connectivity index (χ1n) is 18.7. The van der Waals surface area contributed by atoms with Crippen molar-refractivity contribution in [2.75, 3.05) is 4.90 Å². The topological polar surface area (TPSA) is 8.17 Å². The average Bonchev–Trinajstić information content (AvgIpc) is 3.84. The van der Waals surface area contributed by atoms with Gasteiger partial charge in [0.05, 0.1) is 17.9 Å². The predicted octanol–water partition coefficient (Wildman–Crippen LogP) is 13.3. The van der Waals surface area contributed by atoms with Crippen molar-refractivity contribution < 1.29 is 6.85 Å². The van der Waals surface area contributed by atoms with E-state index < -0.39 is 6.04 Å². The average molecular weight is 650 g/mol. The predicted molar refractivity (Wildman–Crippen MR) is 210 cm³/mol. The number of rotatable bonds is 7. The van der Waals surface area contributed by atoms with Crippen LogP contribution in [0.25, 0.3) is 60.2 Å². The van der Waals surface area contributed by atoms with Crippen LogP contribution in [-0.4, -0.2) is 4.57 Å². The molecule has 0 fully saturated rings. The van der Waals surface area contributed by atoms with Gasteiger partial charge in [0.1, 0.15) is 5.00 Å². The van der Waals surface area contributed by atoms with E-state index in [1.165, 1.54) is 27.4 Å². The minimum absolute atomic E-state index is 0.194. The molecule has 0 unspecified atom stereocenters. The molecular weight excluding hydrogens is 613 g/mol. The van der Waals surface area contributed by atoms with Crippen molar-refractivity contribution in [3.8, 4) is 38.4 Å². The van der Waals surface area contributed by atoms with Gasteiger partial charge in [-0.05, 0) is 94.5 Å². The van der Waals surface area contributed by atoms with Crippen LogP contribution in [0.15, 0.2) is 194 Å². The fraction of sp³-hybridized carbons (Fsp3) is 0. The minimum Gasteiger partial charge on any atom is -0.309 e. The normalized spacial score (nSPS) is 12.7. The molecule has 0 amide bonds. The molecule has 49 heavy (non-hydrogen) atoms. The fourth-order valence-corrected chi connectivity index (χ4v) is 7.64. The van der Waals surface area contributed by atoms with E-state index in [1.807, 2.05) is 48.5 Å². The summed E-state index contributed by atoms with van der Waals surface area (Å²) in [5.74, 6) is 0. The van der Waals surface area contributed by atoms with Gasteiger partial charge in [-0.2, -0.15) is 0 Å². The highest BCUT2D eigenvalue weighted by atomic mass is 32.1. The van der Waals surface area contributed by atoms with Gasteiger partial charge in [-0.15, -0.1) is 11.3 Å². The quantitative estimate of drug-likeness (QED) is 0.167. The lowest BCUT2D eigenvalue weighted by Crippen LogP contribution is -2.07. The second kappa shape index (κ2) is 12.5. The highest BCUT2D eigenvalue weighted by molar-refractivity contribution is 7.19. The third-order valence-electron chi connectivity index (χ3n) is 8.93. The third-order valence-corrected chi connectivity index (χ3v) is 10.0. The summed E-state index contributed by atoms with van der Waals surface area (Å²) in [6, 6.07) is 55.0. The maximum absolute atomic E-state index is 8.44. The second-order valence-electron chi connectivity index (χ2n) is 11.9. The lowest BCUT2D eigenvalue weighted by molar-refractivity contribution is 1.18. The van der Waals surface area contributed by atoms with E-state index in [2.05, 4.69) is 125 Å². The van der Waals surface area contributed by atoms with Gasteiger partial charge in [0.2, 0.25) is 0 Å². The largest absolute Gasteiger partial charge is 0.309 e. The van der Waals surface area contributed by atoms with Crippen LogP contribution in [0.5, 0.6) is 0 Å². The molecule has 0 spiro atoms. The summed E-state index contributed by atoms with van der Waals surface area (Å²) in [4.78, 5) is 3.31. The van der Waals surface area contributed by atoms with Gasteiger partial charge in [-0.25, -0.2) is 0 Å². The number of para-hydroxylation sites is 3. The second-order valence-corrected chi connectivity index (χ2v) is 12.9. The lowest BCUT2D eigenvalue weighted by atomic mass is 10.0. The van der Waals surface area contributed by atoms with Gasteiger partial charge in [0.25, 0.3) is 0 Å². The summed E-state index contributed by atoms with van der Waals surface area (Å²) in [5.41, 5.74) is 9.60. The molecule has 2 heterocycles. The number of hydrogen-bond donors (Lipinski definition) is 0. The van der Waals surface area contributed by atoms with Crippen LogP contribution in [0, 0.1) is 0 Å². The van der Waals surface area contributed by atoms with Gasteiger partial charge in [-0.3, -0.25) is 0 Å². The van der Waals surface area contributed by atoms with Gasteiger partial charge in [-0.1, -0.05) is 127 Å². The summed E-state index contributed by atoms with van der Waals surface area (Å²) in [5, 5.41) is 3.48. The molecule has 3 heteroatoms. The van der Waals surface area contributed by atoms with Crippen LogP contribution in [0.3, 0.4) is 0 Å². The zero-order valence-electron chi connectivity index (χ0n) is 31.4. The molecule has 0 radical (unpaired) electrons. The van der Waals surface area contributed by atoms with Crippen LogP contribution >= 0.6 is 11.3 Å². The van der Waals surface area contributed by atoms with E-state index in [4.69, 9.17) is 6.85 Å². The molecule has 0 atom stereocenters. The smallest absolute Gasteiger partial charge is 0.101 e. The van der Waals surface area contributed by atoms with Gasteiger partial charge in [0.15, 0.2) is 0 Å². The first kappa shape index (κ1) is 24.1. The maximum atomic E-state index is 8.44. The van der Waals surface area contributed by atoms with Crippen LogP contribution in [-0.2, 0) is 0 Å². The minimum atomic E-state index is -0.395. The standard InChI is InChI=1S/C46H32N2S/c1-4-12-33(13-5-1)34-24-27-40(28-25-34)47(38-14-6-2-7-15-38)46-31-30-45(49-46)36-22-20-35(21-23-36)37-26-29-44-42(32-37)41-18-10-11-19-43(41)48(44)39-16-8-3-9-17-39/h1-32H/i1D,4D,5D,12D,13D. The number of aromatic nitrogens is 1. The van der Waals surface area contributed by atoms with Gasteiger partial charge in [0, 0.05) is 32.7 Å². The zero-order valence-corrected chi connectivity index (χ0v) is 27.2. The summed E-state index contributed by atoms with van der Waals surface area (Å²) < 4.78 is 43.4. The number of fused-ring (bicyclic) bond motifs is 3. The van der Waals surface area contributed by atoms with Crippen molar-refractivity contribution in [2.24, 2.45) is 0 Å². The summed E-state index contributed by atoms with van der Waals surface area (Å²) in [7, 11) is 0. The van der Waals surface area contributed by atoms with Crippen molar-refractivity contribution in [3.63, 3.8) is 0 Å². The number of benzene rings is 7. The Labute approximate surface area is 297 Å². The number of anilines is 3. The molecule has 7 aromatic carbocycles. The first-order chi connectivity index (χ1) is 26.4. The SMILES string of the molecule is [2H]c1c([2H])c([2H])c(-c2ccc(N(c3ccccc3)c3ccc(-c4ccc(-c5ccc6c(c5)c5ccccc5n6-c5ccccc5)cc4)s3)cc2)c([2H])c1[2H]. The molecule has 9 aromatic rings. The molecule has 0 N–H and O–H groups in total. The Bertz CT molecular complexity index is 2780. The van der Waals surface area contributed by atoms with Gasteiger partial charge >= 0.3 is 0 Å². The molecule has 232 valence electrons. The third kappa shape index (κ3) is 5.41. The molecule has 2 nitrogen and oxygen atoms in total. The Morgan fingerprint density at radius 2 is 1.04 bits per heavy atom. The molecule has 0 saturated heterocycles. The van der Waals surface area contributed by atoms with Crippen LogP contribution in [0.1, 0.15) is 6.85 Å². The Kier molecular flexibility index (Phi) is 6.12. The number of nitrogens with zero attached hydrogens (tertiary/aromatic N) is 2. The maximum Gasteiger partial charge on any atom is 0.101 e. The Balaban J connectivity index is 1.04. The number of hydrogen-bond acceptors (Lipinski definition) is 2. The summed E-state index contributed by atoms with van der Waals surface area (Å²) in [6.07, 6.45) is 0. The lowest BCUT2D eigenvalue weighted by Gasteiger charge is -2.23. The Morgan fingerprint density at radius 3 is 1.82 bits per heavy atom. The van der Waals surface area contributed by atoms with E-state index in [9.17, 15) is 0 Å². The van der Waals surface area contributed by atoms with Crippen molar-refractivity contribution in [1.82, 2.24) is 4.57 Å². The van der Waals surface area contributed by atoms with E-state index in [0.717, 1.165) is 38.1 Å². The molecule has 0 bridgehead atoms. The highest BCUT2D eigenvalue weighted by Crippen LogP contribution is 2.43. The summed E-state index contributed by atoms with van der Waals surface area (Å²) in [6.45, 7) is 0. The number of thiophene rings is 1. The van der Waals surface area contributed by atoms with Crippen molar-refractivity contribution in [2.45, 2.75) is 0 Å². The van der Waals surface area contributed by atoms with E-state index in [1.54, 1.807) is 11.3 Å². The highest BCUT2D eigenvalue weighted by Gasteiger charge is 2.16. The molecule has 2 aromatic heterocycles.